The molecule has 0 amide bonds. The molecule has 0 saturated carbocycles. The Morgan fingerprint density at radius 2 is 2.20 bits per heavy atom. The van der Waals surface area contributed by atoms with E-state index in [1.54, 1.807) is 17.1 Å². The number of carbonyl (C=O) groups is 1. The first kappa shape index (κ1) is 12.6. The lowest BCUT2D eigenvalue weighted by atomic mass is 9.98. The summed E-state index contributed by atoms with van der Waals surface area (Å²) in [6, 6.07) is 1.85. The van der Waals surface area contributed by atoms with Crippen LogP contribution in [0.15, 0.2) is 31.1 Å². The molecule has 0 aromatic carbocycles. The van der Waals surface area contributed by atoms with Gasteiger partial charge in [0.25, 0.3) is 0 Å². The average Bonchev–Trinajstić information content (AvgIpc) is 3.02. The Bertz CT molecular complexity index is 599. The number of rotatable bonds is 3. The van der Waals surface area contributed by atoms with Crippen LogP contribution < -0.4 is 4.90 Å². The van der Waals surface area contributed by atoms with Crippen LogP contribution in [0.5, 0.6) is 0 Å². The van der Waals surface area contributed by atoms with Gasteiger partial charge in [-0.3, -0.25) is 9.36 Å². The lowest BCUT2D eigenvalue weighted by Gasteiger charge is -2.31. The van der Waals surface area contributed by atoms with Gasteiger partial charge >= 0.3 is 5.97 Å². The van der Waals surface area contributed by atoms with E-state index < -0.39 is 5.97 Å². The van der Waals surface area contributed by atoms with E-state index in [2.05, 4.69) is 15.0 Å². The lowest BCUT2D eigenvalue weighted by Crippen LogP contribution is -2.39. The largest absolute Gasteiger partial charge is 0.481 e. The number of carboxylic acid groups (broad SMARTS) is 1. The molecule has 2 aromatic heterocycles. The summed E-state index contributed by atoms with van der Waals surface area (Å²) in [5, 5.41) is 9.14. The van der Waals surface area contributed by atoms with Crippen molar-refractivity contribution in [1.82, 2.24) is 19.5 Å². The molecule has 0 bridgehead atoms. The highest BCUT2D eigenvalue weighted by molar-refractivity contribution is 5.71. The molecule has 104 valence electrons. The van der Waals surface area contributed by atoms with Crippen LogP contribution >= 0.6 is 0 Å². The zero-order chi connectivity index (χ0) is 13.9. The maximum Gasteiger partial charge on any atom is 0.308 e. The molecule has 0 spiro atoms. The number of imidazole rings is 1. The fourth-order valence-electron chi connectivity index (χ4n) is 2.43. The molecule has 0 aliphatic carbocycles. The quantitative estimate of drug-likeness (QED) is 0.896. The average molecular weight is 273 g/mol. The predicted molar refractivity (Wildman–Crippen MR) is 71.7 cm³/mol. The van der Waals surface area contributed by atoms with Crippen LogP contribution in [-0.4, -0.2) is 43.7 Å². The first-order valence-corrected chi connectivity index (χ1v) is 6.52. The summed E-state index contributed by atoms with van der Waals surface area (Å²) in [5.41, 5.74) is 0. The molecule has 7 heteroatoms. The monoisotopic (exact) mass is 273 g/mol. The lowest BCUT2D eigenvalue weighted by molar-refractivity contribution is -0.141. The molecule has 3 heterocycles. The minimum Gasteiger partial charge on any atom is -0.481 e. The van der Waals surface area contributed by atoms with Gasteiger partial charge < -0.3 is 10.0 Å². The van der Waals surface area contributed by atoms with Gasteiger partial charge in [0.2, 0.25) is 0 Å². The number of nitrogens with zero attached hydrogens (tertiary/aromatic N) is 5. The van der Waals surface area contributed by atoms with Gasteiger partial charge in [-0.1, -0.05) is 0 Å². The van der Waals surface area contributed by atoms with Crippen molar-refractivity contribution >= 4 is 11.8 Å². The Kier molecular flexibility index (Phi) is 3.32. The maximum absolute atomic E-state index is 11.1. The van der Waals surface area contributed by atoms with E-state index in [1.165, 1.54) is 6.33 Å². The normalized spacial score (nSPS) is 19.0. The van der Waals surface area contributed by atoms with Crippen molar-refractivity contribution in [3.8, 4) is 5.82 Å². The third kappa shape index (κ3) is 2.47. The Labute approximate surface area is 115 Å². The molecule has 0 radical (unpaired) electrons. The number of aliphatic carboxylic acids is 1. The maximum atomic E-state index is 11.1. The second kappa shape index (κ2) is 5.28. The summed E-state index contributed by atoms with van der Waals surface area (Å²) >= 11 is 0. The van der Waals surface area contributed by atoms with Crippen LogP contribution in [0.3, 0.4) is 0 Å². The third-order valence-corrected chi connectivity index (χ3v) is 3.50. The van der Waals surface area contributed by atoms with Crippen molar-refractivity contribution < 1.29 is 9.90 Å². The second-order valence-corrected chi connectivity index (χ2v) is 4.83. The van der Waals surface area contributed by atoms with Crippen molar-refractivity contribution in [1.29, 1.82) is 0 Å². The zero-order valence-electron chi connectivity index (χ0n) is 10.9. The topological polar surface area (TPSA) is 84.1 Å². The van der Waals surface area contributed by atoms with E-state index in [4.69, 9.17) is 5.11 Å². The van der Waals surface area contributed by atoms with E-state index in [9.17, 15) is 4.79 Å². The summed E-state index contributed by atoms with van der Waals surface area (Å²) in [4.78, 5) is 25.6. The number of carboxylic acids is 1. The van der Waals surface area contributed by atoms with E-state index in [-0.39, 0.29) is 5.92 Å². The minimum atomic E-state index is -0.737. The van der Waals surface area contributed by atoms with Crippen molar-refractivity contribution in [3.63, 3.8) is 0 Å². The summed E-state index contributed by atoms with van der Waals surface area (Å²) in [7, 11) is 0. The van der Waals surface area contributed by atoms with E-state index in [0.29, 0.717) is 6.54 Å². The van der Waals surface area contributed by atoms with Crippen LogP contribution in [0.4, 0.5) is 5.82 Å². The molecule has 2 aromatic rings. The standard InChI is InChI=1S/C13H15N5O2/c19-13(20)10-2-1-4-17(7-10)11-6-12(16-8-15-11)18-5-3-14-9-18/h3,5-6,8-10H,1-2,4,7H2,(H,19,20). The molecule has 7 nitrogen and oxygen atoms in total. The fraction of sp³-hybridized carbons (Fsp3) is 0.385. The summed E-state index contributed by atoms with van der Waals surface area (Å²) in [5.74, 6) is 0.425. The van der Waals surface area contributed by atoms with Crippen LogP contribution in [-0.2, 0) is 4.79 Å². The number of piperidine rings is 1. The van der Waals surface area contributed by atoms with Gasteiger partial charge in [0.05, 0.1) is 5.92 Å². The SMILES string of the molecule is O=C(O)C1CCCN(c2cc(-n3ccnc3)ncn2)C1. The van der Waals surface area contributed by atoms with Crippen molar-refractivity contribution in [2.75, 3.05) is 18.0 Å². The van der Waals surface area contributed by atoms with Crippen LogP contribution in [0.1, 0.15) is 12.8 Å². The van der Waals surface area contributed by atoms with E-state index in [1.807, 2.05) is 17.2 Å². The Morgan fingerprint density at radius 1 is 1.35 bits per heavy atom. The van der Waals surface area contributed by atoms with E-state index in [0.717, 1.165) is 31.0 Å². The molecule has 1 saturated heterocycles. The third-order valence-electron chi connectivity index (χ3n) is 3.50. The molecule has 20 heavy (non-hydrogen) atoms. The number of anilines is 1. The number of aromatic nitrogens is 4. The molecule has 1 aliphatic heterocycles. The molecule has 1 fully saturated rings. The number of hydrogen-bond acceptors (Lipinski definition) is 5. The first-order chi connectivity index (χ1) is 9.74. The summed E-state index contributed by atoms with van der Waals surface area (Å²) in [6.07, 6.45) is 8.25. The van der Waals surface area contributed by atoms with Crippen molar-refractivity contribution in [2.45, 2.75) is 12.8 Å². The molecule has 1 N–H and O–H groups in total. The highest BCUT2D eigenvalue weighted by atomic mass is 16.4. The molecule has 1 atom stereocenters. The van der Waals surface area contributed by atoms with Gasteiger partial charge in [-0.05, 0) is 12.8 Å². The van der Waals surface area contributed by atoms with Gasteiger partial charge in [-0.15, -0.1) is 0 Å². The fourth-order valence-corrected chi connectivity index (χ4v) is 2.43. The Hall–Kier alpha value is -2.44. The van der Waals surface area contributed by atoms with Gasteiger partial charge in [0.1, 0.15) is 24.3 Å². The van der Waals surface area contributed by atoms with Crippen LogP contribution in [0.2, 0.25) is 0 Å². The van der Waals surface area contributed by atoms with Crippen LogP contribution in [0.25, 0.3) is 5.82 Å². The first-order valence-electron chi connectivity index (χ1n) is 6.52. The summed E-state index contributed by atoms with van der Waals surface area (Å²) < 4.78 is 1.80. The zero-order valence-corrected chi connectivity index (χ0v) is 10.9. The second-order valence-electron chi connectivity index (χ2n) is 4.83. The highest BCUT2D eigenvalue weighted by Gasteiger charge is 2.26. The molecule has 1 aliphatic rings. The highest BCUT2D eigenvalue weighted by Crippen LogP contribution is 2.22. The molecule has 3 rings (SSSR count). The van der Waals surface area contributed by atoms with E-state index >= 15 is 0 Å². The van der Waals surface area contributed by atoms with Gasteiger partial charge in [-0.25, -0.2) is 15.0 Å². The van der Waals surface area contributed by atoms with Gasteiger partial charge in [0, 0.05) is 31.5 Å². The minimum absolute atomic E-state index is 0.324. The van der Waals surface area contributed by atoms with Gasteiger partial charge in [-0.2, -0.15) is 0 Å². The number of hydrogen-bond donors (Lipinski definition) is 1. The van der Waals surface area contributed by atoms with Gasteiger partial charge in [0.15, 0.2) is 0 Å². The Balaban J connectivity index is 1.83. The Morgan fingerprint density at radius 3 is 2.95 bits per heavy atom. The van der Waals surface area contributed by atoms with Crippen LogP contribution in [0, 0.1) is 5.92 Å². The molecular weight excluding hydrogens is 258 g/mol. The predicted octanol–water partition coefficient (Wildman–Crippen LogP) is 0.963. The smallest absolute Gasteiger partial charge is 0.308 e. The van der Waals surface area contributed by atoms with Crippen molar-refractivity contribution in [2.24, 2.45) is 5.92 Å². The molecular formula is C13H15N5O2. The van der Waals surface area contributed by atoms with Crippen molar-refractivity contribution in [3.05, 3.63) is 31.1 Å². The molecule has 1 unspecified atom stereocenters. The summed E-state index contributed by atoms with van der Waals surface area (Å²) in [6.45, 7) is 1.32.